The van der Waals surface area contributed by atoms with Gasteiger partial charge >= 0.3 is 5.97 Å². The smallest absolute Gasteiger partial charge is 0.307 e. The maximum atomic E-state index is 11.6. The summed E-state index contributed by atoms with van der Waals surface area (Å²) < 4.78 is 9.37. The Hall–Kier alpha value is -3.64. The third kappa shape index (κ3) is 3.97. The van der Waals surface area contributed by atoms with E-state index in [1.807, 2.05) is 61.5 Å². The number of carbonyl (C=O) groups is 1. The van der Waals surface area contributed by atoms with Crippen LogP contribution in [0, 0.1) is 6.92 Å². The van der Waals surface area contributed by atoms with Gasteiger partial charge in [0.25, 0.3) is 0 Å². The summed E-state index contributed by atoms with van der Waals surface area (Å²) in [6, 6.07) is 24.1. The summed E-state index contributed by atoms with van der Waals surface area (Å²) in [6.45, 7) is 3.06. The van der Waals surface area contributed by atoms with Crippen LogP contribution in [0.2, 0.25) is 0 Å². The largest absolute Gasteiger partial charge is 0.486 e. The monoisotopic (exact) mass is 442 g/mol. The quantitative estimate of drug-likeness (QED) is 0.345. The van der Waals surface area contributed by atoms with Gasteiger partial charge in [-0.2, -0.15) is 0 Å². The SMILES string of the molecule is Cc1c(CC(=O)O)c2cc(OCc3nc4ccccc4s3)ccc2n1Cc1ccccc1. The second-order valence-electron chi connectivity index (χ2n) is 7.75. The molecule has 5 aromatic rings. The first-order valence-electron chi connectivity index (χ1n) is 10.4. The zero-order valence-electron chi connectivity index (χ0n) is 17.6. The van der Waals surface area contributed by atoms with Gasteiger partial charge in [-0.3, -0.25) is 4.79 Å². The standard InChI is InChI=1S/C26H22N2O3S/c1-17-20(14-26(29)30)21-13-19(31-16-25-27-22-9-5-6-10-24(22)32-25)11-12-23(21)28(17)15-18-7-3-2-4-8-18/h2-13H,14-16H2,1H3,(H,29,30). The number of carboxylic acids is 1. The molecule has 5 rings (SSSR count). The Kier molecular flexibility index (Phi) is 5.37. The average molecular weight is 443 g/mol. The molecule has 0 saturated carbocycles. The van der Waals surface area contributed by atoms with Gasteiger partial charge in [-0.25, -0.2) is 4.98 Å². The molecule has 0 bridgehead atoms. The Labute approximate surface area is 189 Å². The van der Waals surface area contributed by atoms with Crippen molar-refractivity contribution in [3.63, 3.8) is 0 Å². The van der Waals surface area contributed by atoms with Crippen LogP contribution in [0.25, 0.3) is 21.1 Å². The number of hydrogen-bond donors (Lipinski definition) is 1. The highest BCUT2D eigenvalue weighted by atomic mass is 32.1. The van der Waals surface area contributed by atoms with Gasteiger partial charge in [-0.15, -0.1) is 11.3 Å². The summed E-state index contributed by atoms with van der Waals surface area (Å²) in [7, 11) is 0. The fourth-order valence-electron chi connectivity index (χ4n) is 4.09. The molecule has 0 unspecified atom stereocenters. The highest BCUT2D eigenvalue weighted by Crippen LogP contribution is 2.31. The lowest BCUT2D eigenvalue weighted by molar-refractivity contribution is -0.136. The molecular weight excluding hydrogens is 420 g/mol. The molecule has 0 fully saturated rings. The van der Waals surface area contributed by atoms with E-state index in [-0.39, 0.29) is 6.42 Å². The first kappa shape index (κ1) is 20.3. The molecule has 0 aliphatic heterocycles. The van der Waals surface area contributed by atoms with Crippen molar-refractivity contribution in [2.45, 2.75) is 26.5 Å². The molecule has 0 aliphatic carbocycles. The number of fused-ring (bicyclic) bond motifs is 2. The van der Waals surface area contributed by atoms with Crippen LogP contribution in [0.3, 0.4) is 0 Å². The van der Waals surface area contributed by atoms with E-state index in [1.54, 1.807) is 11.3 Å². The van der Waals surface area contributed by atoms with E-state index in [4.69, 9.17) is 4.74 Å². The minimum Gasteiger partial charge on any atom is -0.486 e. The predicted octanol–water partition coefficient (Wildman–Crippen LogP) is 5.81. The summed E-state index contributed by atoms with van der Waals surface area (Å²) in [5.74, 6) is -0.132. The minimum atomic E-state index is -0.840. The number of nitrogens with zero attached hydrogens (tertiary/aromatic N) is 2. The molecule has 2 aromatic heterocycles. The number of carboxylic acid groups (broad SMARTS) is 1. The number of hydrogen-bond acceptors (Lipinski definition) is 4. The number of ether oxygens (including phenoxy) is 1. The number of benzene rings is 3. The molecular formula is C26H22N2O3S. The van der Waals surface area contributed by atoms with Crippen LogP contribution in [0.4, 0.5) is 0 Å². The summed E-state index contributed by atoms with van der Waals surface area (Å²) in [6.07, 6.45) is -0.0224. The van der Waals surface area contributed by atoms with Crippen LogP contribution in [-0.4, -0.2) is 20.6 Å². The second kappa shape index (κ2) is 8.48. The lowest BCUT2D eigenvalue weighted by Crippen LogP contribution is -2.05. The predicted molar refractivity (Wildman–Crippen MR) is 128 cm³/mol. The maximum Gasteiger partial charge on any atom is 0.307 e. The van der Waals surface area contributed by atoms with E-state index in [0.29, 0.717) is 18.9 Å². The van der Waals surface area contributed by atoms with Crippen molar-refractivity contribution < 1.29 is 14.6 Å². The van der Waals surface area contributed by atoms with Gasteiger partial charge < -0.3 is 14.4 Å². The van der Waals surface area contributed by atoms with Crippen molar-refractivity contribution >= 4 is 38.4 Å². The van der Waals surface area contributed by atoms with E-state index >= 15 is 0 Å². The molecule has 3 aromatic carbocycles. The molecule has 0 radical (unpaired) electrons. The Morgan fingerprint density at radius 3 is 2.62 bits per heavy atom. The third-order valence-electron chi connectivity index (χ3n) is 5.64. The van der Waals surface area contributed by atoms with Gasteiger partial charge in [-0.1, -0.05) is 42.5 Å². The normalized spacial score (nSPS) is 11.3. The summed E-state index contributed by atoms with van der Waals surface area (Å²) in [5, 5.41) is 11.3. The zero-order chi connectivity index (χ0) is 22.1. The summed E-state index contributed by atoms with van der Waals surface area (Å²) in [4.78, 5) is 16.2. The molecule has 1 N–H and O–H groups in total. The zero-order valence-corrected chi connectivity index (χ0v) is 18.4. The van der Waals surface area contributed by atoms with Crippen LogP contribution in [0.5, 0.6) is 5.75 Å². The van der Waals surface area contributed by atoms with E-state index in [9.17, 15) is 9.90 Å². The fourth-order valence-corrected chi connectivity index (χ4v) is 4.97. The molecule has 0 saturated heterocycles. The van der Waals surface area contributed by atoms with Gasteiger partial charge in [0, 0.05) is 23.1 Å². The van der Waals surface area contributed by atoms with Crippen LogP contribution in [-0.2, 0) is 24.4 Å². The van der Waals surface area contributed by atoms with Gasteiger partial charge in [0.05, 0.1) is 16.6 Å². The Bertz CT molecular complexity index is 1390. The van der Waals surface area contributed by atoms with Crippen molar-refractivity contribution in [2.75, 3.05) is 0 Å². The van der Waals surface area contributed by atoms with E-state index < -0.39 is 5.97 Å². The Balaban J connectivity index is 1.47. The van der Waals surface area contributed by atoms with Crippen molar-refractivity contribution in [2.24, 2.45) is 0 Å². The molecule has 6 heteroatoms. The van der Waals surface area contributed by atoms with Gasteiger partial charge in [0.1, 0.15) is 17.4 Å². The van der Waals surface area contributed by atoms with E-state index in [2.05, 4.69) is 27.8 Å². The first-order chi connectivity index (χ1) is 15.6. The van der Waals surface area contributed by atoms with Crippen molar-refractivity contribution in [1.29, 1.82) is 0 Å². The molecule has 0 atom stereocenters. The van der Waals surface area contributed by atoms with Crippen LogP contribution >= 0.6 is 11.3 Å². The summed E-state index contributed by atoms with van der Waals surface area (Å²) in [5.41, 5.74) is 4.95. The Morgan fingerprint density at radius 1 is 1.06 bits per heavy atom. The van der Waals surface area contributed by atoms with Crippen molar-refractivity contribution in [3.05, 3.63) is 94.6 Å². The van der Waals surface area contributed by atoms with Gasteiger partial charge in [0.15, 0.2) is 0 Å². The average Bonchev–Trinajstić information content (AvgIpc) is 3.32. The second-order valence-corrected chi connectivity index (χ2v) is 8.86. The molecule has 32 heavy (non-hydrogen) atoms. The van der Waals surface area contributed by atoms with Gasteiger partial charge in [0.2, 0.25) is 0 Å². The number of para-hydroxylation sites is 1. The van der Waals surface area contributed by atoms with Crippen molar-refractivity contribution in [1.82, 2.24) is 9.55 Å². The number of rotatable bonds is 7. The highest BCUT2D eigenvalue weighted by molar-refractivity contribution is 7.18. The van der Waals surface area contributed by atoms with E-state index in [0.717, 1.165) is 37.4 Å². The number of thiazole rings is 1. The molecule has 5 nitrogen and oxygen atoms in total. The first-order valence-corrected chi connectivity index (χ1v) is 11.2. The molecule has 160 valence electrons. The van der Waals surface area contributed by atoms with Crippen LogP contribution in [0.1, 0.15) is 21.8 Å². The number of aromatic nitrogens is 2. The molecule has 0 aliphatic rings. The van der Waals surface area contributed by atoms with Crippen molar-refractivity contribution in [3.8, 4) is 5.75 Å². The lowest BCUT2D eigenvalue weighted by Gasteiger charge is -2.09. The topological polar surface area (TPSA) is 64.3 Å². The van der Waals surface area contributed by atoms with Crippen LogP contribution in [0.15, 0.2) is 72.8 Å². The summed E-state index contributed by atoms with van der Waals surface area (Å²) >= 11 is 1.62. The third-order valence-corrected chi connectivity index (χ3v) is 6.65. The molecule has 0 spiro atoms. The molecule has 2 heterocycles. The Morgan fingerprint density at radius 2 is 1.84 bits per heavy atom. The lowest BCUT2D eigenvalue weighted by atomic mass is 10.1. The maximum absolute atomic E-state index is 11.6. The van der Waals surface area contributed by atoms with Gasteiger partial charge in [-0.05, 0) is 48.4 Å². The van der Waals surface area contributed by atoms with Crippen LogP contribution < -0.4 is 4.74 Å². The highest BCUT2D eigenvalue weighted by Gasteiger charge is 2.17. The fraction of sp³-hybridized carbons (Fsp3) is 0.154. The molecule has 0 amide bonds. The number of aliphatic carboxylic acids is 1. The van der Waals surface area contributed by atoms with E-state index in [1.165, 1.54) is 5.56 Å². The minimum absolute atomic E-state index is 0.0224.